The maximum atomic E-state index is 13.2. The van der Waals surface area contributed by atoms with Crippen LogP contribution in [0.4, 0.5) is 11.5 Å². The molecule has 1 saturated heterocycles. The minimum atomic E-state index is -0.138. The van der Waals surface area contributed by atoms with E-state index in [1.54, 1.807) is 24.3 Å². The van der Waals surface area contributed by atoms with Gasteiger partial charge < -0.3 is 11.6 Å². The molecule has 4 rings (SSSR count). The Balaban J connectivity index is 0.00000150. The average Bonchev–Trinajstić information content (AvgIpc) is 3.17. The number of pyridine rings is 1. The molecule has 0 atom stereocenters. The van der Waals surface area contributed by atoms with Gasteiger partial charge in [-0.2, -0.15) is 0 Å². The molecule has 0 spiro atoms. The fourth-order valence-electron chi connectivity index (χ4n) is 3.57. The SMILES string of the molecule is Cc1c(N2CCCC2)nc2ccc(Br)cc2c1C(=O)Nc1ccc(Cl)cc1.[H-].[Na+]. The normalized spacial score (nSPS) is 13.5. The number of fused-ring (bicyclic) bond motifs is 1. The molecular formula is C21H20BrClN3NaO. The number of carbonyl (C=O) groups is 1. The zero-order valence-corrected chi connectivity index (χ0v) is 20.3. The van der Waals surface area contributed by atoms with Crippen molar-refractivity contribution in [2.24, 2.45) is 0 Å². The number of aromatic nitrogens is 1. The zero-order chi connectivity index (χ0) is 19.0. The molecule has 1 amide bonds. The molecule has 7 heteroatoms. The Morgan fingerprint density at radius 3 is 2.54 bits per heavy atom. The van der Waals surface area contributed by atoms with E-state index in [9.17, 15) is 4.79 Å². The molecule has 0 bridgehead atoms. The molecule has 1 aliphatic rings. The Kier molecular flexibility index (Phi) is 7.05. The molecule has 1 aromatic heterocycles. The molecule has 0 aliphatic carbocycles. The van der Waals surface area contributed by atoms with Crippen LogP contribution >= 0.6 is 27.5 Å². The summed E-state index contributed by atoms with van der Waals surface area (Å²) >= 11 is 9.46. The predicted molar refractivity (Wildman–Crippen MR) is 116 cm³/mol. The van der Waals surface area contributed by atoms with Gasteiger partial charge >= 0.3 is 29.6 Å². The third-order valence-electron chi connectivity index (χ3n) is 4.90. The summed E-state index contributed by atoms with van der Waals surface area (Å²) < 4.78 is 0.922. The standard InChI is InChI=1S/C21H19BrClN3O.Na.H/c1-13-19(21(27)24-16-7-5-15(23)6-8-16)17-12-14(22)4-9-18(17)25-20(13)26-10-2-3-11-26;;/h4-9,12H,2-3,10-11H2,1H3,(H,24,27);;/q;+1;-1. The first kappa shape index (κ1) is 21.6. The van der Waals surface area contributed by atoms with Crippen molar-refractivity contribution in [3.63, 3.8) is 0 Å². The van der Waals surface area contributed by atoms with Gasteiger partial charge in [0, 0.05) is 39.2 Å². The number of halogens is 2. The van der Waals surface area contributed by atoms with E-state index < -0.39 is 0 Å². The van der Waals surface area contributed by atoms with Crippen LogP contribution in [0.1, 0.15) is 30.2 Å². The van der Waals surface area contributed by atoms with Gasteiger partial charge in [0.25, 0.3) is 5.91 Å². The summed E-state index contributed by atoms with van der Waals surface area (Å²) in [5, 5.41) is 4.48. The van der Waals surface area contributed by atoms with Crippen LogP contribution in [-0.2, 0) is 0 Å². The first-order chi connectivity index (χ1) is 13.0. The fourth-order valence-corrected chi connectivity index (χ4v) is 4.06. The summed E-state index contributed by atoms with van der Waals surface area (Å²) in [6.07, 6.45) is 2.32. The minimum Gasteiger partial charge on any atom is -1.00 e. The van der Waals surface area contributed by atoms with Gasteiger partial charge in [0.1, 0.15) is 5.82 Å². The van der Waals surface area contributed by atoms with Crippen molar-refractivity contribution >= 4 is 55.8 Å². The van der Waals surface area contributed by atoms with Gasteiger partial charge in [-0.15, -0.1) is 0 Å². The van der Waals surface area contributed by atoms with Crippen molar-refractivity contribution in [2.45, 2.75) is 19.8 Å². The Labute approximate surface area is 201 Å². The molecule has 0 radical (unpaired) electrons. The van der Waals surface area contributed by atoms with Crippen molar-refractivity contribution in [1.82, 2.24) is 4.98 Å². The second kappa shape index (κ2) is 9.14. The summed E-state index contributed by atoms with van der Waals surface area (Å²) in [7, 11) is 0. The number of hydrogen-bond donors (Lipinski definition) is 1. The van der Waals surface area contributed by atoms with Crippen molar-refractivity contribution in [3.8, 4) is 0 Å². The molecule has 3 aromatic rings. The average molecular weight is 469 g/mol. The molecule has 1 fully saturated rings. The molecule has 4 nitrogen and oxygen atoms in total. The topological polar surface area (TPSA) is 45.2 Å². The Morgan fingerprint density at radius 2 is 1.86 bits per heavy atom. The van der Waals surface area contributed by atoms with Crippen LogP contribution in [0.2, 0.25) is 5.02 Å². The van der Waals surface area contributed by atoms with Crippen molar-refractivity contribution < 1.29 is 35.8 Å². The van der Waals surface area contributed by atoms with Crippen molar-refractivity contribution in [2.75, 3.05) is 23.3 Å². The number of nitrogens with zero attached hydrogens (tertiary/aromatic N) is 2. The summed E-state index contributed by atoms with van der Waals surface area (Å²) in [5.74, 6) is 0.768. The summed E-state index contributed by atoms with van der Waals surface area (Å²) in [5.41, 5.74) is 3.12. The maximum Gasteiger partial charge on any atom is 1.00 e. The Morgan fingerprint density at radius 1 is 1.18 bits per heavy atom. The minimum absolute atomic E-state index is 0. The largest absolute Gasteiger partial charge is 1.00 e. The molecule has 0 saturated carbocycles. The third kappa shape index (κ3) is 4.39. The predicted octanol–water partition coefficient (Wildman–Crippen LogP) is 2.93. The van der Waals surface area contributed by atoms with Gasteiger partial charge in [-0.25, -0.2) is 4.98 Å². The fraction of sp³-hybridized carbons (Fsp3) is 0.238. The first-order valence-electron chi connectivity index (χ1n) is 8.94. The molecule has 2 heterocycles. The quantitative estimate of drug-likeness (QED) is 0.601. The first-order valence-corrected chi connectivity index (χ1v) is 10.1. The van der Waals surface area contributed by atoms with Crippen LogP contribution in [0, 0.1) is 6.92 Å². The number of hydrogen-bond acceptors (Lipinski definition) is 3. The summed E-state index contributed by atoms with van der Waals surface area (Å²) in [4.78, 5) is 20.3. The Hall–Kier alpha value is -1.11. The smallest absolute Gasteiger partial charge is 1.00 e. The van der Waals surface area contributed by atoms with Crippen LogP contribution in [0.5, 0.6) is 0 Å². The number of carbonyl (C=O) groups excluding carboxylic acids is 1. The van der Waals surface area contributed by atoms with Crippen LogP contribution in [-0.4, -0.2) is 24.0 Å². The van der Waals surface area contributed by atoms with Crippen LogP contribution < -0.4 is 39.8 Å². The van der Waals surface area contributed by atoms with Gasteiger partial charge in [0.05, 0.1) is 11.1 Å². The van der Waals surface area contributed by atoms with E-state index in [4.69, 9.17) is 16.6 Å². The molecule has 0 unspecified atom stereocenters. The molecule has 2 aromatic carbocycles. The zero-order valence-electron chi connectivity index (χ0n) is 16.9. The van der Waals surface area contributed by atoms with E-state index in [2.05, 4.69) is 26.1 Å². The van der Waals surface area contributed by atoms with Crippen LogP contribution in [0.25, 0.3) is 10.9 Å². The Bertz CT molecular complexity index is 1030. The van der Waals surface area contributed by atoms with Crippen LogP contribution in [0.3, 0.4) is 0 Å². The second-order valence-corrected chi connectivity index (χ2v) is 8.10. The van der Waals surface area contributed by atoms with E-state index in [1.165, 1.54) is 0 Å². The van der Waals surface area contributed by atoms with Crippen molar-refractivity contribution in [1.29, 1.82) is 0 Å². The molecule has 1 N–H and O–H groups in total. The number of benzene rings is 2. The molecule has 1 aliphatic heterocycles. The number of anilines is 2. The van der Waals surface area contributed by atoms with Gasteiger partial charge in [-0.1, -0.05) is 27.5 Å². The molecular weight excluding hydrogens is 449 g/mol. The van der Waals surface area contributed by atoms with E-state index in [0.717, 1.165) is 52.7 Å². The van der Waals surface area contributed by atoms with E-state index >= 15 is 0 Å². The molecule has 28 heavy (non-hydrogen) atoms. The number of rotatable bonds is 3. The van der Waals surface area contributed by atoms with Gasteiger partial charge in [0.15, 0.2) is 0 Å². The summed E-state index contributed by atoms with van der Waals surface area (Å²) in [6.45, 7) is 3.94. The van der Waals surface area contributed by atoms with Crippen molar-refractivity contribution in [3.05, 3.63) is 63.1 Å². The molecule has 140 valence electrons. The van der Waals surface area contributed by atoms with Crippen LogP contribution in [0.15, 0.2) is 46.9 Å². The van der Waals surface area contributed by atoms with E-state index in [1.807, 2.05) is 25.1 Å². The monoisotopic (exact) mass is 467 g/mol. The van der Waals surface area contributed by atoms with Gasteiger partial charge in [0.2, 0.25) is 0 Å². The third-order valence-corrected chi connectivity index (χ3v) is 5.64. The summed E-state index contributed by atoms with van der Waals surface area (Å²) in [6, 6.07) is 13.0. The van der Waals surface area contributed by atoms with Gasteiger partial charge in [-0.05, 0) is 62.2 Å². The number of nitrogens with one attached hydrogen (secondary N) is 1. The van der Waals surface area contributed by atoms with E-state index in [0.29, 0.717) is 16.3 Å². The maximum absolute atomic E-state index is 13.2. The van der Waals surface area contributed by atoms with Gasteiger partial charge in [-0.3, -0.25) is 4.79 Å². The van der Waals surface area contributed by atoms with E-state index in [-0.39, 0.29) is 36.9 Å². The number of amides is 1. The second-order valence-electron chi connectivity index (χ2n) is 6.75.